The van der Waals surface area contributed by atoms with Gasteiger partial charge in [0.25, 0.3) is 5.91 Å². The fourth-order valence-corrected chi connectivity index (χ4v) is 1.60. The molecule has 1 heterocycles. The van der Waals surface area contributed by atoms with Crippen LogP contribution >= 0.6 is 0 Å². The first-order chi connectivity index (χ1) is 7.98. The highest BCUT2D eigenvalue weighted by molar-refractivity contribution is 5.92. The van der Waals surface area contributed by atoms with Crippen molar-refractivity contribution < 1.29 is 4.79 Å². The first-order valence-corrected chi connectivity index (χ1v) is 5.59. The van der Waals surface area contributed by atoms with Crippen LogP contribution in [-0.2, 0) is 0 Å². The molecule has 0 aromatic carbocycles. The van der Waals surface area contributed by atoms with Gasteiger partial charge in [-0.1, -0.05) is 13.3 Å². The van der Waals surface area contributed by atoms with Crippen LogP contribution in [0.5, 0.6) is 0 Å². The summed E-state index contributed by atoms with van der Waals surface area (Å²) in [5.41, 5.74) is 2.36. The molecular weight excluding hydrogens is 218 g/mol. The highest BCUT2D eigenvalue weighted by Crippen LogP contribution is 2.11. The lowest BCUT2D eigenvalue weighted by Crippen LogP contribution is -2.43. The van der Waals surface area contributed by atoms with E-state index in [0.717, 1.165) is 12.8 Å². The molecular formula is C11H19N5O. The third-order valence-electron chi connectivity index (χ3n) is 2.34. The Balaban J connectivity index is 2.75. The van der Waals surface area contributed by atoms with Gasteiger partial charge in [-0.25, -0.2) is 10.8 Å². The molecule has 1 amide bonds. The zero-order valence-electron chi connectivity index (χ0n) is 10.4. The standard InChI is InChI=1S/C11H19N5O/c1-4-5-11(2,3)15-10(17)8-6-13-7-9(14-8)16-12/h6-7H,4-5,12H2,1-3H3,(H,14,16)(H,15,17). The number of nitrogens with zero attached hydrogens (tertiary/aromatic N) is 2. The summed E-state index contributed by atoms with van der Waals surface area (Å²) in [6.45, 7) is 6.03. The average Bonchev–Trinajstić information content (AvgIpc) is 2.28. The Labute approximate surface area is 101 Å². The van der Waals surface area contributed by atoms with Crippen molar-refractivity contribution in [3.63, 3.8) is 0 Å². The van der Waals surface area contributed by atoms with Crippen LogP contribution in [0.3, 0.4) is 0 Å². The van der Waals surface area contributed by atoms with E-state index in [4.69, 9.17) is 5.84 Å². The molecule has 0 atom stereocenters. The van der Waals surface area contributed by atoms with Crippen LogP contribution in [0.25, 0.3) is 0 Å². The molecule has 0 fully saturated rings. The van der Waals surface area contributed by atoms with E-state index in [0.29, 0.717) is 5.82 Å². The smallest absolute Gasteiger partial charge is 0.271 e. The maximum Gasteiger partial charge on any atom is 0.271 e. The van der Waals surface area contributed by atoms with Crippen molar-refractivity contribution in [1.82, 2.24) is 15.3 Å². The third kappa shape index (κ3) is 3.99. The monoisotopic (exact) mass is 237 g/mol. The van der Waals surface area contributed by atoms with Crippen molar-refractivity contribution in [2.75, 3.05) is 5.43 Å². The van der Waals surface area contributed by atoms with Gasteiger partial charge in [-0.3, -0.25) is 9.78 Å². The number of rotatable bonds is 5. The topological polar surface area (TPSA) is 92.9 Å². The van der Waals surface area contributed by atoms with Gasteiger partial charge in [0.2, 0.25) is 0 Å². The van der Waals surface area contributed by atoms with E-state index in [-0.39, 0.29) is 17.1 Å². The van der Waals surface area contributed by atoms with Crippen LogP contribution in [0.15, 0.2) is 12.4 Å². The van der Waals surface area contributed by atoms with E-state index < -0.39 is 0 Å². The van der Waals surface area contributed by atoms with Gasteiger partial charge < -0.3 is 10.7 Å². The van der Waals surface area contributed by atoms with Crippen molar-refractivity contribution in [3.05, 3.63) is 18.1 Å². The lowest BCUT2D eigenvalue weighted by atomic mass is 9.99. The molecule has 4 N–H and O–H groups in total. The number of hydrogen-bond acceptors (Lipinski definition) is 5. The molecule has 6 heteroatoms. The second kappa shape index (κ2) is 5.58. The fourth-order valence-electron chi connectivity index (χ4n) is 1.60. The lowest BCUT2D eigenvalue weighted by molar-refractivity contribution is 0.0903. The number of carbonyl (C=O) groups is 1. The molecule has 0 aliphatic heterocycles. The molecule has 1 aromatic heterocycles. The molecule has 17 heavy (non-hydrogen) atoms. The molecule has 0 spiro atoms. The normalized spacial score (nSPS) is 11.1. The molecule has 0 radical (unpaired) electrons. The van der Waals surface area contributed by atoms with Crippen molar-refractivity contribution in [2.24, 2.45) is 5.84 Å². The largest absolute Gasteiger partial charge is 0.346 e. The summed E-state index contributed by atoms with van der Waals surface area (Å²) < 4.78 is 0. The van der Waals surface area contributed by atoms with Crippen molar-refractivity contribution in [3.8, 4) is 0 Å². The average molecular weight is 237 g/mol. The minimum absolute atomic E-state index is 0.243. The molecule has 0 saturated heterocycles. The van der Waals surface area contributed by atoms with E-state index in [2.05, 4.69) is 27.6 Å². The number of nitrogens with two attached hydrogens (primary N) is 1. The number of amides is 1. The summed E-state index contributed by atoms with van der Waals surface area (Å²) in [6.07, 6.45) is 4.77. The van der Waals surface area contributed by atoms with Crippen molar-refractivity contribution in [1.29, 1.82) is 0 Å². The second-order valence-corrected chi connectivity index (χ2v) is 4.52. The summed E-state index contributed by atoms with van der Waals surface area (Å²) in [4.78, 5) is 19.8. The Bertz CT molecular complexity index is 391. The molecule has 0 unspecified atom stereocenters. The van der Waals surface area contributed by atoms with Gasteiger partial charge >= 0.3 is 0 Å². The van der Waals surface area contributed by atoms with Crippen LogP contribution < -0.4 is 16.6 Å². The maximum atomic E-state index is 11.9. The van der Waals surface area contributed by atoms with E-state index in [1.165, 1.54) is 12.4 Å². The van der Waals surface area contributed by atoms with Crippen LogP contribution in [-0.4, -0.2) is 21.4 Å². The van der Waals surface area contributed by atoms with Gasteiger partial charge in [0.05, 0.1) is 12.4 Å². The maximum absolute atomic E-state index is 11.9. The summed E-state index contributed by atoms with van der Waals surface area (Å²) >= 11 is 0. The molecule has 94 valence electrons. The molecule has 1 rings (SSSR count). The first-order valence-electron chi connectivity index (χ1n) is 5.59. The van der Waals surface area contributed by atoms with Crippen molar-refractivity contribution >= 4 is 11.7 Å². The van der Waals surface area contributed by atoms with E-state index in [9.17, 15) is 4.79 Å². The SMILES string of the molecule is CCCC(C)(C)NC(=O)c1cncc(NN)n1. The molecule has 1 aromatic rings. The van der Waals surface area contributed by atoms with E-state index in [1.54, 1.807) is 0 Å². The van der Waals surface area contributed by atoms with Gasteiger partial charge in [0.15, 0.2) is 5.82 Å². The highest BCUT2D eigenvalue weighted by atomic mass is 16.2. The van der Waals surface area contributed by atoms with Gasteiger partial charge in [0.1, 0.15) is 5.69 Å². The zero-order valence-corrected chi connectivity index (χ0v) is 10.4. The van der Waals surface area contributed by atoms with Gasteiger partial charge in [-0.2, -0.15) is 0 Å². The third-order valence-corrected chi connectivity index (χ3v) is 2.34. The lowest BCUT2D eigenvalue weighted by Gasteiger charge is -2.25. The summed E-state index contributed by atoms with van der Waals surface area (Å²) in [7, 11) is 0. The number of aromatic nitrogens is 2. The summed E-state index contributed by atoms with van der Waals surface area (Å²) in [5.74, 6) is 5.33. The number of nitrogen functional groups attached to an aromatic ring is 1. The summed E-state index contributed by atoms with van der Waals surface area (Å²) in [6, 6.07) is 0. The molecule has 6 nitrogen and oxygen atoms in total. The number of hydrogen-bond donors (Lipinski definition) is 3. The zero-order chi connectivity index (χ0) is 12.9. The van der Waals surface area contributed by atoms with Crippen LogP contribution in [0.4, 0.5) is 5.82 Å². The second-order valence-electron chi connectivity index (χ2n) is 4.52. The predicted octanol–water partition coefficient (Wildman–Crippen LogP) is 1.07. The number of carbonyl (C=O) groups excluding carboxylic acids is 1. The number of anilines is 1. The predicted molar refractivity (Wildman–Crippen MR) is 66.3 cm³/mol. The van der Waals surface area contributed by atoms with Gasteiger partial charge in [-0.15, -0.1) is 0 Å². The Morgan fingerprint density at radius 2 is 2.18 bits per heavy atom. The van der Waals surface area contributed by atoms with Crippen LogP contribution in [0.1, 0.15) is 44.1 Å². The van der Waals surface area contributed by atoms with E-state index >= 15 is 0 Å². The van der Waals surface area contributed by atoms with Gasteiger partial charge in [0, 0.05) is 5.54 Å². The minimum atomic E-state index is -0.250. The van der Waals surface area contributed by atoms with Crippen LogP contribution in [0, 0.1) is 0 Å². The molecule has 0 aliphatic carbocycles. The number of hydrazine groups is 1. The highest BCUT2D eigenvalue weighted by Gasteiger charge is 2.21. The van der Waals surface area contributed by atoms with Crippen LogP contribution in [0.2, 0.25) is 0 Å². The quantitative estimate of drug-likeness (QED) is 0.526. The number of nitrogens with one attached hydrogen (secondary N) is 2. The van der Waals surface area contributed by atoms with Crippen molar-refractivity contribution in [2.45, 2.75) is 39.2 Å². The van der Waals surface area contributed by atoms with Gasteiger partial charge in [-0.05, 0) is 20.3 Å². The first kappa shape index (κ1) is 13.4. The molecule has 0 aliphatic rings. The summed E-state index contributed by atoms with van der Waals surface area (Å²) in [5, 5.41) is 2.91. The fraction of sp³-hybridized carbons (Fsp3) is 0.545. The minimum Gasteiger partial charge on any atom is -0.346 e. The Kier molecular flexibility index (Phi) is 4.39. The van der Waals surface area contributed by atoms with E-state index in [1.807, 2.05) is 13.8 Å². The Hall–Kier alpha value is -1.69. The Morgan fingerprint density at radius 3 is 2.76 bits per heavy atom. The molecule has 0 saturated carbocycles. The molecule has 0 bridgehead atoms. The Morgan fingerprint density at radius 1 is 1.47 bits per heavy atom.